The molecule has 0 saturated carbocycles. The summed E-state index contributed by atoms with van der Waals surface area (Å²) in [4.78, 5) is 11.8. The second kappa shape index (κ2) is 5.58. The molecule has 0 radical (unpaired) electrons. The second-order valence-corrected chi connectivity index (χ2v) is 6.75. The third-order valence-corrected chi connectivity index (χ3v) is 3.48. The summed E-state index contributed by atoms with van der Waals surface area (Å²) in [6.45, 7) is 1.58. The predicted molar refractivity (Wildman–Crippen MR) is 69.8 cm³/mol. The van der Waals surface area contributed by atoms with Gasteiger partial charge in [0.15, 0.2) is 0 Å². The lowest BCUT2D eigenvalue weighted by Gasteiger charge is -2.13. The van der Waals surface area contributed by atoms with E-state index in [-0.39, 0.29) is 17.1 Å². The number of rotatable bonds is 4. The van der Waals surface area contributed by atoms with Crippen LogP contribution in [0.25, 0.3) is 0 Å². The molecule has 1 rings (SSSR count). The summed E-state index contributed by atoms with van der Waals surface area (Å²) < 4.78 is 22.1. The van der Waals surface area contributed by atoms with Crippen LogP contribution >= 0.6 is 11.6 Å². The smallest absolute Gasteiger partial charge is 0.255 e. The van der Waals surface area contributed by atoms with E-state index in [1.165, 1.54) is 18.2 Å². The van der Waals surface area contributed by atoms with Crippen LogP contribution < -0.4 is 5.32 Å². The number of phenolic OH excluding ortho intramolecular Hbond substituents is 1. The van der Waals surface area contributed by atoms with Gasteiger partial charge in [0.05, 0.1) is 11.3 Å². The molecule has 1 amide bonds. The Kier molecular flexibility index (Phi) is 4.59. The fraction of sp³-hybridized carbons (Fsp3) is 0.364. The van der Waals surface area contributed by atoms with Crippen molar-refractivity contribution in [3.05, 3.63) is 28.8 Å². The molecule has 0 aliphatic heterocycles. The highest BCUT2D eigenvalue weighted by Gasteiger charge is 2.16. The standard InChI is InChI=1S/C11H14ClNO4S/c1-7(6-18(2,16)17)13-11(15)9-4-3-8(12)5-10(9)14/h3-5,7,14H,6H2,1-2H3,(H,13,15). The fourth-order valence-corrected chi connectivity index (χ4v) is 2.65. The number of halogens is 1. The molecule has 0 aliphatic carbocycles. The Morgan fingerprint density at radius 3 is 2.61 bits per heavy atom. The zero-order valence-corrected chi connectivity index (χ0v) is 11.5. The van der Waals surface area contributed by atoms with E-state index in [1.807, 2.05) is 0 Å². The van der Waals surface area contributed by atoms with Crippen molar-refractivity contribution in [3.8, 4) is 5.75 Å². The molecule has 18 heavy (non-hydrogen) atoms. The van der Waals surface area contributed by atoms with Gasteiger partial charge in [-0.1, -0.05) is 11.6 Å². The molecular formula is C11H14ClNO4S. The number of phenols is 1. The molecule has 1 aromatic rings. The van der Waals surface area contributed by atoms with Gasteiger partial charge in [0.1, 0.15) is 15.6 Å². The van der Waals surface area contributed by atoms with Crippen molar-refractivity contribution in [1.82, 2.24) is 5.32 Å². The first-order valence-electron chi connectivity index (χ1n) is 5.16. The summed E-state index contributed by atoms with van der Waals surface area (Å²) in [6.07, 6.45) is 1.09. The van der Waals surface area contributed by atoms with Gasteiger partial charge in [0.25, 0.3) is 5.91 Å². The minimum absolute atomic E-state index is 0.0553. The Balaban J connectivity index is 2.77. The molecule has 0 spiro atoms. The van der Waals surface area contributed by atoms with Crippen LogP contribution in [-0.2, 0) is 9.84 Å². The Bertz CT molecular complexity index is 556. The molecule has 5 nitrogen and oxygen atoms in total. The quantitative estimate of drug-likeness (QED) is 0.873. The molecule has 0 heterocycles. The summed E-state index contributed by atoms with van der Waals surface area (Å²) in [5.41, 5.74) is 0.0553. The van der Waals surface area contributed by atoms with Crippen LogP contribution in [0.3, 0.4) is 0 Å². The fourth-order valence-electron chi connectivity index (χ4n) is 1.49. The highest BCUT2D eigenvalue weighted by atomic mass is 35.5. The van der Waals surface area contributed by atoms with Crippen LogP contribution in [0, 0.1) is 0 Å². The van der Waals surface area contributed by atoms with Crippen molar-refractivity contribution >= 4 is 27.3 Å². The molecule has 7 heteroatoms. The third-order valence-electron chi connectivity index (χ3n) is 2.13. The lowest BCUT2D eigenvalue weighted by Crippen LogP contribution is -2.37. The van der Waals surface area contributed by atoms with Crippen LogP contribution in [0.2, 0.25) is 5.02 Å². The minimum atomic E-state index is -3.17. The van der Waals surface area contributed by atoms with Crippen LogP contribution in [-0.4, -0.2) is 37.5 Å². The van der Waals surface area contributed by atoms with E-state index >= 15 is 0 Å². The van der Waals surface area contributed by atoms with Crippen molar-refractivity contribution < 1.29 is 18.3 Å². The lowest BCUT2D eigenvalue weighted by atomic mass is 10.2. The first-order valence-corrected chi connectivity index (χ1v) is 7.60. The van der Waals surface area contributed by atoms with E-state index in [2.05, 4.69) is 5.32 Å². The number of nitrogens with one attached hydrogen (secondary N) is 1. The number of carbonyl (C=O) groups is 1. The number of aromatic hydroxyl groups is 1. The molecule has 0 aromatic heterocycles. The largest absolute Gasteiger partial charge is 0.507 e. The Morgan fingerprint density at radius 1 is 1.50 bits per heavy atom. The van der Waals surface area contributed by atoms with E-state index in [4.69, 9.17) is 11.6 Å². The molecule has 2 N–H and O–H groups in total. The van der Waals surface area contributed by atoms with Crippen LogP contribution in [0.5, 0.6) is 5.75 Å². The van der Waals surface area contributed by atoms with Gasteiger partial charge in [-0.15, -0.1) is 0 Å². The Hall–Kier alpha value is -1.27. The topological polar surface area (TPSA) is 83.5 Å². The first kappa shape index (κ1) is 14.8. The zero-order chi connectivity index (χ0) is 13.9. The molecule has 0 aliphatic rings. The van der Waals surface area contributed by atoms with Gasteiger partial charge in [-0.3, -0.25) is 4.79 Å². The van der Waals surface area contributed by atoms with E-state index in [0.29, 0.717) is 5.02 Å². The average Bonchev–Trinajstić information content (AvgIpc) is 2.13. The predicted octanol–water partition coefficient (Wildman–Crippen LogP) is 1.21. The maximum Gasteiger partial charge on any atom is 0.255 e. The molecule has 0 bridgehead atoms. The van der Waals surface area contributed by atoms with Crippen molar-refractivity contribution in [2.75, 3.05) is 12.0 Å². The van der Waals surface area contributed by atoms with Crippen LogP contribution in [0.15, 0.2) is 18.2 Å². The molecular weight excluding hydrogens is 278 g/mol. The summed E-state index contributed by atoms with van der Waals surface area (Å²) in [5.74, 6) is -0.945. The lowest BCUT2D eigenvalue weighted by molar-refractivity contribution is 0.0941. The second-order valence-electron chi connectivity index (χ2n) is 4.13. The van der Waals surface area contributed by atoms with Gasteiger partial charge in [0, 0.05) is 17.3 Å². The van der Waals surface area contributed by atoms with E-state index in [0.717, 1.165) is 6.26 Å². The molecule has 1 atom stereocenters. The summed E-state index contributed by atoms with van der Waals surface area (Å²) in [7, 11) is -3.17. The van der Waals surface area contributed by atoms with Gasteiger partial charge in [-0.2, -0.15) is 0 Å². The van der Waals surface area contributed by atoms with Crippen molar-refractivity contribution in [2.45, 2.75) is 13.0 Å². The van der Waals surface area contributed by atoms with Crippen molar-refractivity contribution in [1.29, 1.82) is 0 Å². The zero-order valence-electron chi connectivity index (χ0n) is 9.97. The van der Waals surface area contributed by atoms with Gasteiger partial charge in [0.2, 0.25) is 0 Å². The molecule has 1 aromatic carbocycles. The SMILES string of the molecule is CC(CS(C)(=O)=O)NC(=O)c1ccc(Cl)cc1O. The Labute approximate surface area is 111 Å². The van der Waals surface area contributed by atoms with Crippen molar-refractivity contribution in [3.63, 3.8) is 0 Å². The number of sulfone groups is 1. The average molecular weight is 292 g/mol. The van der Waals surface area contributed by atoms with Gasteiger partial charge in [-0.05, 0) is 25.1 Å². The summed E-state index contributed by atoms with van der Waals surface area (Å²) in [6, 6.07) is 3.55. The monoisotopic (exact) mass is 291 g/mol. The van der Waals surface area contributed by atoms with E-state index in [9.17, 15) is 18.3 Å². The number of carbonyl (C=O) groups excluding carboxylic acids is 1. The van der Waals surface area contributed by atoms with Gasteiger partial charge in [-0.25, -0.2) is 8.42 Å². The number of hydrogen-bond donors (Lipinski definition) is 2. The normalized spacial score (nSPS) is 13.1. The summed E-state index contributed by atoms with van der Waals surface area (Å²) >= 11 is 5.64. The number of benzene rings is 1. The van der Waals surface area contributed by atoms with Crippen molar-refractivity contribution in [2.24, 2.45) is 0 Å². The first-order chi connectivity index (χ1) is 8.19. The van der Waals surface area contributed by atoms with Crippen LogP contribution in [0.1, 0.15) is 17.3 Å². The maximum absolute atomic E-state index is 11.8. The molecule has 0 fully saturated rings. The number of amides is 1. The third kappa shape index (κ3) is 4.54. The van der Waals surface area contributed by atoms with E-state index < -0.39 is 21.8 Å². The Morgan fingerprint density at radius 2 is 2.11 bits per heavy atom. The highest BCUT2D eigenvalue weighted by molar-refractivity contribution is 7.90. The summed E-state index contributed by atoms with van der Waals surface area (Å²) in [5, 5.41) is 12.3. The van der Waals surface area contributed by atoms with Gasteiger partial charge >= 0.3 is 0 Å². The minimum Gasteiger partial charge on any atom is -0.507 e. The van der Waals surface area contributed by atoms with Gasteiger partial charge < -0.3 is 10.4 Å². The maximum atomic E-state index is 11.8. The highest BCUT2D eigenvalue weighted by Crippen LogP contribution is 2.21. The van der Waals surface area contributed by atoms with Crippen LogP contribution in [0.4, 0.5) is 0 Å². The molecule has 100 valence electrons. The molecule has 1 unspecified atom stereocenters. The van der Waals surface area contributed by atoms with E-state index in [1.54, 1.807) is 6.92 Å². The molecule has 0 saturated heterocycles. The number of hydrogen-bond acceptors (Lipinski definition) is 4.